The van der Waals surface area contributed by atoms with Gasteiger partial charge in [0.2, 0.25) is 5.88 Å². The Morgan fingerprint density at radius 1 is 0.912 bits per heavy atom. The monoisotopic (exact) mass is 467 g/mol. The molecule has 34 heavy (non-hydrogen) atoms. The number of benzene rings is 3. The standard InChI is InChI=1S/C28H25N3O2S/c1-18-16-26(24-9-4-6-10-25(24)29-18)32-17-21-12-14-22(15-13-21)23-8-5-7-11-27(23)34-31-28-19(2)20(3)30-33-28/h4-16,31H,17H2,1-3H3. The van der Waals surface area contributed by atoms with Crippen LogP contribution in [0.1, 0.15) is 22.5 Å². The number of hydrogen-bond acceptors (Lipinski definition) is 6. The minimum Gasteiger partial charge on any atom is -0.488 e. The lowest BCUT2D eigenvalue weighted by Crippen LogP contribution is -1.98. The maximum Gasteiger partial charge on any atom is 0.237 e. The number of rotatable bonds is 7. The molecule has 1 N–H and O–H groups in total. The first kappa shape index (κ1) is 22.0. The molecule has 0 saturated carbocycles. The zero-order chi connectivity index (χ0) is 23.5. The van der Waals surface area contributed by atoms with Crippen molar-refractivity contribution in [3.05, 3.63) is 101 Å². The number of aromatic nitrogens is 2. The van der Waals surface area contributed by atoms with Gasteiger partial charge in [-0.05, 0) is 67.6 Å². The van der Waals surface area contributed by atoms with E-state index in [4.69, 9.17) is 9.26 Å². The molecular weight excluding hydrogens is 442 g/mol. The van der Waals surface area contributed by atoms with Crippen LogP contribution in [0.4, 0.5) is 5.88 Å². The molecule has 170 valence electrons. The fourth-order valence-corrected chi connectivity index (χ4v) is 4.57. The molecule has 0 fully saturated rings. The number of para-hydroxylation sites is 1. The van der Waals surface area contributed by atoms with Crippen LogP contribution in [0.15, 0.2) is 88.3 Å². The molecular formula is C28H25N3O2S. The maximum absolute atomic E-state index is 6.19. The smallest absolute Gasteiger partial charge is 0.237 e. The van der Waals surface area contributed by atoms with E-state index in [0.29, 0.717) is 12.5 Å². The minimum atomic E-state index is 0.496. The second-order valence-electron chi connectivity index (χ2n) is 8.19. The van der Waals surface area contributed by atoms with Crippen LogP contribution in [0.3, 0.4) is 0 Å². The second kappa shape index (κ2) is 9.61. The van der Waals surface area contributed by atoms with Gasteiger partial charge in [0.25, 0.3) is 0 Å². The molecule has 0 unspecified atom stereocenters. The minimum absolute atomic E-state index is 0.496. The lowest BCUT2D eigenvalue weighted by atomic mass is 10.0. The third-order valence-electron chi connectivity index (χ3n) is 5.76. The number of nitrogens with one attached hydrogen (secondary N) is 1. The van der Waals surface area contributed by atoms with E-state index in [2.05, 4.69) is 57.3 Å². The van der Waals surface area contributed by atoms with E-state index in [9.17, 15) is 0 Å². The van der Waals surface area contributed by atoms with Gasteiger partial charge >= 0.3 is 0 Å². The third kappa shape index (κ3) is 4.63. The van der Waals surface area contributed by atoms with Crippen LogP contribution < -0.4 is 9.46 Å². The predicted octanol–water partition coefficient (Wildman–Crippen LogP) is 7.51. The van der Waals surface area contributed by atoms with Crippen LogP contribution in [-0.2, 0) is 6.61 Å². The van der Waals surface area contributed by atoms with Crippen molar-refractivity contribution in [2.75, 3.05) is 4.72 Å². The second-order valence-corrected chi connectivity index (χ2v) is 9.03. The van der Waals surface area contributed by atoms with Crippen molar-refractivity contribution in [3.63, 3.8) is 0 Å². The number of hydrogen-bond donors (Lipinski definition) is 1. The number of pyridine rings is 1. The fraction of sp³-hybridized carbons (Fsp3) is 0.143. The van der Waals surface area contributed by atoms with E-state index < -0.39 is 0 Å². The molecule has 3 aromatic carbocycles. The number of aryl methyl sites for hydroxylation is 2. The van der Waals surface area contributed by atoms with Crippen molar-refractivity contribution in [1.82, 2.24) is 10.1 Å². The number of ether oxygens (including phenoxy) is 1. The van der Waals surface area contributed by atoms with Crippen molar-refractivity contribution >= 4 is 28.7 Å². The van der Waals surface area contributed by atoms with Crippen molar-refractivity contribution in [2.24, 2.45) is 0 Å². The van der Waals surface area contributed by atoms with Crippen LogP contribution in [0, 0.1) is 20.8 Å². The maximum atomic E-state index is 6.19. The van der Waals surface area contributed by atoms with Gasteiger partial charge in [-0.1, -0.05) is 59.8 Å². The highest BCUT2D eigenvalue weighted by molar-refractivity contribution is 8.00. The molecule has 0 aliphatic carbocycles. The zero-order valence-corrected chi connectivity index (χ0v) is 20.1. The summed E-state index contributed by atoms with van der Waals surface area (Å²) in [6.45, 7) is 6.42. The lowest BCUT2D eigenvalue weighted by molar-refractivity contribution is 0.309. The first-order valence-corrected chi connectivity index (χ1v) is 11.9. The molecule has 0 atom stereocenters. The van der Waals surface area contributed by atoms with E-state index in [1.807, 2.05) is 57.2 Å². The van der Waals surface area contributed by atoms with Gasteiger partial charge in [-0.3, -0.25) is 9.71 Å². The van der Waals surface area contributed by atoms with Gasteiger partial charge < -0.3 is 9.26 Å². The summed E-state index contributed by atoms with van der Waals surface area (Å²) in [5.41, 5.74) is 7.21. The first-order valence-electron chi connectivity index (χ1n) is 11.1. The summed E-state index contributed by atoms with van der Waals surface area (Å²) in [7, 11) is 0. The van der Waals surface area contributed by atoms with Gasteiger partial charge in [0, 0.05) is 27.6 Å². The van der Waals surface area contributed by atoms with Crippen molar-refractivity contribution in [2.45, 2.75) is 32.3 Å². The van der Waals surface area contributed by atoms with E-state index in [1.165, 1.54) is 11.9 Å². The summed E-state index contributed by atoms with van der Waals surface area (Å²) >= 11 is 1.52. The molecule has 0 saturated heterocycles. The largest absolute Gasteiger partial charge is 0.488 e. The Labute approximate surface area is 203 Å². The summed E-state index contributed by atoms with van der Waals surface area (Å²) in [6, 6.07) is 26.9. The van der Waals surface area contributed by atoms with Crippen molar-refractivity contribution < 1.29 is 9.26 Å². The molecule has 0 amide bonds. The van der Waals surface area contributed by atoms with Gasteiger partial charge in [0.05, 0.1) is 11.2 Å². The van der Waals surface area contributed by atoms with Gasteiger partial charge in [0.1, 0.15) is 12.4 Å². The summed E-state index contributed by atoms with van der Waals surface area (Å²) < 4.78 is 14.9. The van der Waals surface area contributed by atoms with Gasteiger partial charge in [0.15, 0.2) is 0 Å². The Morgan fingerprint density at radius 3 is 2.47 bits per heavy atom. The highest BCUT2D eigenvalue weighted by atomic mass is 32.2. The Bertz CT molecular complexity index is 1440. The zero-order valence-electron chi connectivity index (χ0n) is 19.3. The molecule has 5 nitrogen and oxygen atoms in total. The summed E-state index contributed by atoms with van der Waals surface area (Å²) in [5.74, 6) is 1.54. The average Bonchev–Trinajstić information content (AvgIpc) is 3.19. The Kier molecular flexibility index (Phi) is 6.23. The van der Waals surface area contributed by atoms with Gasteiger partial charge in [-0.2, -0.15) is 0 Å². The van der Waals surface area contributed by atoms with E-state index in [-0.39, 0.29) is 0 Å². The molecule has 2 aromatic heterocycles. The quantitative estimate of drug-likeness (QED) is 0.250. The van der Waals surface area contributed by atoms with Crippen LogP contribution in [-0.4, -0.2) is 10.1 Å². The van der Waals surface area contributed by atoms with E-state index in [1.54, 1.807) is 0 Å². The molecule has 0 aliphatic heterocycles. The molecule has 2 heterocycles. The summed E-state index contributed by atoms with van der Waals surface area (Å²) in [5, 5.41) is 5.04. The van der Waals surface area contributed by atoms with Crippen molar-refractivity contribution in [1.29, 1.82) is 0 Å². The molecule has 5 rings (SSSR count). The molecule has 0 radical (unpaired) electrons. The normalized spacial score (nSPS) is 11.0. The number of nitrogens with zero attached hydrogens (tertiary/aromatic N) is 2. The van der Waals surface area contributed by atoms with Crippen LogP contribution in [0.2, 0.25) is 0 Å². The summed E-state index contributed by atoms with van der Waals surface area (Å²) in [4.78, 5) is 5.70. The molecule has 6 heteroatoms. The SMILES string of the molecule is Cc1cc(OCc2ccc(-c3ccccc3SNc3onc(C)c3C)cc2)c2ccccc2n1. The number of anilines is 1. The van der Waals surface area contributed by atoms with Crippen molar-refractivity contribution in [3.8, 4) is 16.9 Å². The highest BCUT2D eigenvalue weighted by Crippen LogP contribution is 2.33. The van der Waals surface area contributed by atoms with Gasteiger partial charge in [-0.25, -0.2) is 0 Å². The predicted molar refractivity (Wildman–Crippen MR) is 138 cm³/mol. The Hall–Kier alpha value is -3.77. The van der Waals surface area contributed by atoms with Crippen LogP contribution in [0.25, 0.3) is 22.0 Å². The molecule has 5 aromatic rings. The van der Waals surface area contributed by atoms with E-state index >= 15 is 0 Å². The number of fused-ring (bicyclic) bond motifs is 1. The summed E-state index contributed by atoms with van der Waals surface area (Å²) in [6.07, 6.45) is 0. The first-order chi connectivity index (χ1) is 16.6. The van der Waals surface area contributed by atoms with Crippen LogP contribution >= 0.6 is 11.9 Å². The van der Waals surface area contributed by atoms with E-state index in [0.717, 1.165) is 55.2 Å². The topological polar surface area (TPSA) is 60.2 Å². The molecule has 0 bridgehead atoms. The highest BCUT2D eigenvalue weighted by Gasteiger charge is 2.11. The Balaban J connectivity index is 1.31. The molecule has 0 spiro atoms. The fourth-order valence-electron chi connectivity index (χ4n) is 3.74. The van der Waals surface area contributed by atoms with Gasteiger partial charge in [-0.15, -0.1) is 0 Å². The third-order valence-corrected chi connectivity index (χ3v) is 6.63. The average molecular weight is 468 g/mol. The molecule has 0 aliphatic rings. The lowest BCUT2D eigenvalue weighted by Gasteiger charge is -2.12. The Morgan fingerprint density at radius 2 is 1.68 bits per heavy atom. The van der Waals surface area contributed by atoms with Crippen LogP contribution in [0.5, 0.6) is 5.75 Å².